The van der Waals surface area contributed by atoms with Crippen molar-refractivity contribution in [1.29, 1.82) is 5.26 Å². The molecule has 2 aliphatic rings. The number of aryl methyl sites for hydroxylation is 1. The minimum atomic E-state index is 0.166. The minimum absolute atomic E-state index is 0.166. The first kappa shape index (κ1) is 21.5. The van der Waals surface area contributed by atoms with E-state index < -0.39 is 0 Å². The molecule has 0 spiro atoms. The fraction of sp³-hybridized carbons (Fsp3) is 0.462. The molecule has 2 fully saturated rings. The van der Waals surface area contributed by atoms with Gasteiger partial charge in [-0.3, -0.25) is 9.69 Å². The number of piperazine rings is 1. The number of benzene rings is 2. The van der Waals surface area contributed by atoms with Gasteiger partial charge in [0.25, 0.3) is 5.91 Å². The summed E-state index contributed by atoms with van der Waals surface area (Å²) >= 11 is 0. The van der Waals surface area contributed by atoms with Gasteiger partial charge in [-0.05, 0) is 74.6 Å². The average Bonchev–Trinajstić information content (AvgIpc) is 2.81. The standard InChI is InChI=1S/C26H32N4O/c1-20-7-8-21(17-25(20)26(31)30-15-13-28(2)14-16-30)19-29-11-9-22(10-12-29)24-6-4-3-5-23(24)18-27/h3-8,17,22H,9-16,19H2,1-2H3. The minimum Gasteiger partial charge on any atom is -0.336 e. The van der Waals surface area contributed by atoms with Crippen LogP contribution < -0.4 is 0 Å². The van der Waals surface area contributed by atoms with Crippen molar-refractivity contribution in [3.8, 4) is 6.07 Å². The quantitative estimate of drug-likeness (QED) is 0.764. The first-order valence-electron chi connectivity index (χ1n) is 11.3. The van der Waals surface area contributed by atoms with E-state index in [1.54, 1.807) is 0 Å². The van der Waals surface area contributed by atoms with Crippen molar-refractivity contribution >= 4 is 5.91 Å². The largest absolute Gasteiger partial charge is 0.336 e. The van der Waals surface area contributed by atoms with Crippen LogP contribution in [0.15, 0.2) is 42.5 Å². The van der Waals surface area contributed by atoms with Crippen LogP contribution in [0.2, 0.25) is 0 Å². The highest BCUT2D eigenvalue weighted by Crippen LogP contribution is 2.30. The summed E-state index contributed by atoms with van der Waals surface area (Å²) < 4.78 is 0. The molecule has 5 nitrogen and oxygen atoms in total. The van der Waals surface area contributed by atoms with Gasteiger partial charge in [0, 0.05) is 38.3 Å². The van der Waals surface area contributed by atoms with Crippen LogP contribution >= 0.6 is 0 Å². The van der Waals surface area contributed by atoms with Crippen molar-refractivity contribution < 1.29 is 4.79 Å². The van der Waals surface area contributed by atoms with Crippen LogP contribution in [-0.2, 0) is 6.54 Å². The summed E-state index contributed by atoms with van der Waals surface area (Å²) in [4.78, 5) is 19.8. The Morgan fingerprint density at radius 1 is 1.03 bits per heavy atom. The van der Waals surface area contributed by atoms with E-state index in [2.05, 4.69) is 47.2 Å². The number of likely N-dealkylation sites (tertiary alicyclic amines) is 1. The Labute approximate surface area is 185 Å². The van der Waals surface area contributed by atoms with Crippen molar-refractivity contribution in [1.82, 2.24) is 14.7 Å². The highest BCUT2D eigenvalue weighted by atomic mass is 16.2. The molecule has 0 saturated carbocycles. The van der Waals surface area contributed by atoms with E-state index in [1.807, 2.05) is 30.0 Å². The molecule has 4 rings (SSSR count). The zero-order valence-electron chi connectivity index (χ0n) is 18.7. The summed E-state index contributed by atoms with van der Waals surface area (Å²) in [5, 5.41) is 9.40. The highest BCUT2D eigenvalue weighted by molar-refractivity contribution is 5.96. The molecule has 5 heteroatoms. The molecule has 2 aromatic rings. The molecular weight excluding hydrogens is 384 g/mol. The zero-order chi connectivity index (χ0) is 21.8. The van der Waals surface area contributed by atoms with Crippen LogP contribution in [0, 0.1) is 18.3 Å². The van der Waals surface area contributed by atoms with E-state index in [0.717, 1.165) is 75.3 Å². The summed E-state index contributed by atoms with van der Waals surface area (Å²) in [5.41, 5.74) is 5.12. The number of hydrogen-bond acceptors (Lipinski definition) is 4. The maximum absolute atomic E-state index is 13.1. The second-order valence-electron chi connectivity index (χ2n) is 8.99. The number of hydrogen-bond donors (Lipinski definition) is 0. The van der Waals surface area contributed by atoms with Crippen molar-refractivity contribution in [2.24, 2.45) is 0 Å². The lowest BCUT2D eigenvalue weighted by Gasteiger charge is -2.33. The molecule has 2 saturated heterocycles. The maximum Gasteiger partial charge on any atom is 0.254 e. The van der Waals surface area contributed by atoms with E-state index >= 15 is 0 Å². The molecule has 1 amide bonds. The van der Waals surface area contributed by atoms with Crippen LogP contribution in [-0.4, -0.2) is 66.9 Å². The molecule has 0 aliphatic carbocycles. The fourth-order valence-corrected chi connectivity index (χ4v) is 4.79. The summed E-state index contributed by atoms with van der Waals surface area (Å²) in [6.45, 7) is 8.41. The van der Waals surface area contributed by atoms with Crippen LogP contribution in [0.3, 0.4) is 0 Å². The summed E-state index contributed by atoms with van der Waals surface area (Å²) in [7, 11) is 2.11. The molecule has 0 unspecified atom stereocenters. The SMILES string of the molecule is Cc1ccc(CN2CCC(c3ccccc3C#N)CC2)cc1C(=O)N1CCN(C)CC1. The van der Waals surface area contributed by atoms with Gasteiger partial charge in [-0.1, -0.05) is 30.3 Å². The van der Waals surface area contributed by atoms with Crippen LogP contribution in [0.4, 0.5) is 0 Å². The summed E-state index contributed by atoms with van der Waals surface area (Å²) in [5.74, 6) is 0.624. The third-order valence-electron chi connectivity index (χ3n) is 6.84. The molecule has 0 atom stereocenters. The molecule has 162 valence electrons. The predicted molar refractivity (Wildman–Crippen MR) is 123 cm³/mol. The summed E-state index contributed by atoms with van der Waals surface area (Å²) in [6.07, 6.45) is 2.13. The molecule has 0 aromatic heterocycles. The number of carbonyl (C=O) groups is 1. The lowest BCUT2D eigenvalue weighted by atomic mass is 9.86. The Morgan fingerprint density at radius 3 is 2.45 bits per heavy atom. The average molecular weight is 417 g/mol. The molecule has 0 bridgehead atoms. The van der Waals surface area contributed by atoms with E-state index in [9.17, 15) is 10.1 Å². The number of nitriles is 1. The van der Waals surface area contributed by atoms with Gasteiger partial charge in [0.2, 0.25) is 0 Å². The molecule has 2 heterocycles. The smallest absolute Gasteiger partial charge is 0.254 e. The Balaban J connectivity index is 1.39. The van der Waals surface area contributed by atoms with Gasteiger partial charge in [0.1, 0.15) is 0 Å². The van der Waals surface area contributed by atoms with E-state index in [0.29, 0.717) is 5.92 Å². The zero-order valence-corrected chi connectivity index (χ0v) is 18.7. The highest BCUT2D eigenvalue weighted by Gasteiger charge is 2.24. The van der Waals surface area contributed by atoms with E-state index in [-0.39, 0.29) is 5.91 Å². The van der Waals surface area contributed by atoms with E-state index in [4.69, 9.17) is 0 Å². The van der Waals surface area contributed by atoms with Crippen molar-refractivity contribution in [3.05, 3.63) is 70.3 Å². The lowest BCUT2D eigenvalue weighted by molar-refractivity contribution is 0.0663. The van der Waals surface area contributed by atoms with Gasteiger partial charge in [0.05, 0.1) is 11.6 Å². The van der Waals surface area contributed by atoms with Crippen LogP contribution in [0.1, 0.15) is 51.4 Å². The maximum atomic E-state index is 13.1. The topological polar surface area (TPSA) is 50.6 Å². The third-order valence-corrected chi connectivity index (χ3v) is 6.84. The molecular formula is C26H32N4O. The van der Waals surface area contributed by atoms with Crippen molar-refractivity contribution in [2.45, 2.75) is 32.2 Å². The molecule has 2 aliphatic heterocycles. The second kappa shape index (κ2) is 9.64. The third kappa shape index (κ3) is 4.98. The van der Waals surface area contributed by atoms with Crippen molar-refractivity contribution in [2.75, 3.05) is 46.3 Å². The predicted octanol–water partition coefficient (Wildman–Crippen LogP) is 3.63. The molecule has 0 radical (unpaired) electrons. The van der Waals surface area contributed by atoms with Crippen LogP contribution in [0.5, 0.6) is 0 Å². The number of piperidine rings is 1. The Hall–Kier alpha value is -2.68. The number of amides is 1. The normalized spacial score (nSPS) is 18.7. The van der Waals surface area contributed by atoms with Crippen LogP contribution in [0.25, 0.3) is 0 Å². The molecule has 31 heavy (non-hydrogen) atoms. The van der Waals surface area contributed by atoms with Gasteiger partial charge in [0.15, 0.2) is 0 Å². The lowest BCUT2D eigenvalue weighted by Crippen LogP contribution is -2.47. The number of carbonyl (C=O) groups excluding carboxylic acids is 1. The summed E-state index contributed by atoms with van der Waals surface area (Å²) in [6, 6.07) is 16.7. The van der Waals surface area contributed by atoms with Gasteiger partial charge in [-0.25, -0.2) is 0 Å². The van der Waals surface area contributed by atoms with Gasteiger partial charge in [-0.15, -0.1) is 0 Å². The number of rotatable bonds is 4. The number of nitrogens with zero attached hydrogens (tertiary/aromatic N) is 4. The monoisotopic (exact) mass is 416 g/mol. The number of likely N-dealkylation sites (N-methyl/N-ethyl adjacent to an activating group) is 1. The second-order valence-corrected chi connectivity index (χ2v) is 8.99. The fourth-order valence-electron chi connectivity index (χ4n) is 4.79. The Bertz CT molecular complexity index is 964. The van der Waals surface area contributed by atoms with Gasteiger partial charge >= 0.3 is 0 Å². The van der Waals surface area contributed by atoms with Crippen molar-refractivity contribution in [3.63, 3.8) is 0 Å². The van der Waals surface area contributed by atoms with Gasteiger partial charge in [-0.2, -0.15) is 5.26 Å². The first-order chi connectivity index (χ1) is 15.0. The Kier molecular flexibility index (Phi) is 6.70. The first-order valence-corrected chi connectivity index (χ1v) is 11.3. The molecule has 2 aromatic carbocycles. The van der Waals surface area contributed by atoms with Gasteiger partial charge < -0.3 is 9.80 Å². The van der Waals surface area contributed by atoms with E-state index in [1.165, 1.54) is 11.1 Å². The Morgan fingerprint density at radius 2 is 1.74 bits per heavy atom. The molecule has 0 N–H and O–H groups in total.